The zero-order valence-corrected chi connectivity index (χ0v) is 11.0. The van der Waals surface area contributed by atoms with Gasteiger partial charge in [-0.05, 0) is 5.92 Å². The topological polar surface area (TPSA) is 87.7 Å². The van der Waals surface area contributed by atoms with E-state index in [9.17, 15) is 14.7 Å². The average Bonchev–Trinajstić information content (AvgIpc) is 2.36. The first-order valence-electron chi connectivity index (χ1n) is 6.37. The van der Waals surface area contributed by atoms with Crippen molar-refractivity contribution in [2.75, 3.05) is 19.8 Å². The maximum atomic E-state index is 11.7. The van der Waals surface area contributed by atoms with E-state index in [0.29, 0.717) is 38.5 Å². The summed E-state index contributed by atoms with van der Waals surface area (Å²) >= 11 is 0. The Balaban J connectivity index is 2.50. The quantitative estimate of drug-likeness (QED) is 0.685. The first kappa shape index (κ1) is 14.8. The fourth-order valence-corrected chi connectivity index (χ4v) is 1.78. The van der Waals surface area contributed by atoms with Gasteiger partial charge in [-0.2, -0.15) is 0 Å². The van der Waals surface area contributed by atoms with E-state index in [1.165, 1.54) is 0 Å². The second-order valence-corrected chi connectivity index (χ2v) is 4.85. The molecular formula is C12H22N2O4. The monoisotopic (exact) mass is 258 g/mol. The minimum Gasteiger partial charge on any atom is -0.480 e. The smallest absolute Gasteiger partial charge is 0.329 e. The van der Waals surface area contributed by atoms with Crippen molar-refractivity contribution in [3.63, 3.8) is 0 Å². The number of amides is 2. The highest BCUT2D eigenvalue weighted by Gasteiger charge is 2.41. The molecule has 104 valence electrons. The molecule has 2 amide bonds. The van der Waals surface area contributed by atoms with Crippen LogP contribution in [0.25, 0.3) is 0 Å². The third kappa shape index (κ3) is 3.87. The summed E-state index contributed by atoms with van der Waals surface area (Å²) in [7, 11) is 0. The van der Waals surface area contributed by atoms with Gasteiger partial charge in [0.1, 0.15) is 5.54 Å². The summed E-state index contributed by atoms with van der Waals surface area (Å²) in [6.07, 6.45) is 1.58. The lowest BCUT2D eigenvalue weighted by atomic mass is 9.90. The van der Waals surface area contributed by atoms with Crippen LogP contribution in [0.1, 0.15) is 33.1 Å². The Kier molecular flexibility index (Phi) is 5.40. The van der Waals surface area contributed by atoms with Crippen molar-refractivity contribution in [1.29, 1.82) is 0 Å². The molecule has 0 bridgehead atoms. The number of hydrogen-bond donors (Lipinski definition) is 3. The van der Waals surface area contributed by atoms with Gasteiger partial charge in [-0.25, -0.2) is 9.59 Å². The number of rotatable bonds is 5. The Hall–Kier alpha value is -1.30. The molecule has 0 spiro atoms. The summed E-state index contributed by atoms with van der Waals surface area (Å²) in [5.41, 5.74) is -1.18. The molecule has 0 aliphatic carbocycles. The molecule has 0 radical (unpaired) electrons. The number of nitrogens with one attached hydrogen (secondary N) is 2. The SMILES string of the molecule is CCC(C)CNC(=O)NC1(C(=O)O)CCOCC1. The number of carboxylic acid groups (broad SMARTS) is 1. The number of carboxylic acids is 1. The Morgan fingerprint density at radius 1 is 1.39 bits per heavy atom. The molecule has 3 N–H and O–H groups in total. The second kappa shape index (κ2) is 6.58. The van der Waals surface area contributed by atoms with Crippen LogP contribution in [0, 0.1) is 5.92 Å². The number of carbonyl (C=O) groups is 2. The average molecular weight is 258 g/mol. The summed E-state index contributed by atoms with van der Waals surface area (Å²) in [5.74, 6) is -0.615. The predicted octanol–water partition coefficient (Wildman–Crippen LogP) is 0.965. The lowest BCUT2D eigenvalue weighted by Crippen LogP contribution is -2.59. The van der Waals surface area contributed by atoms with Crippen LogP contribution >= 0.6 is 0 Å². The molecule has 0 saturated carbocycles. The van der Waals surface area contributed by atoms with Crippen LogP contribution in [0.2, 0.25) is 0 Å². The normalized spacial score (nSPS) is 19.9. The number of urea groups is 1. The van der Waals surface area contributed by atoms with Gasteiger partial charge >= 0.3 is 12.0 Å². The van der Waals surface area contributed by atoms with Crippen molar-refractivity contribution in [3.8, 4) is 0 Å². The van der Waals surface area contributed by atoms with Gasteiger partial charge in [0.2, 0.25) is 0 Å². The van der Waals surface area contributed by atoms with E-state index in [-0.39, 0.29) is 0 Å². The fourth-order valence-electron chi connectivity index (χ4n) is 1.78. The molecule has 0 aromatic heterocycles. The van der Waals surface area contributed by atoms with E-state index in [4.69, 9.17) is 4.74 Å². The van der Waals surface area contributed by atoms with Crippen molar-refractivity contribution in [2.45, 2.75) is 38.6 Å². The number of carbonyl (C=O) groups excluding carboxylic acids is 1. The second-order valence-electron chi connectivity index (χ2n) is 4.85. The van der Waals surface area contributed by atoms with Gasteiger partial charge in [0, 0.05) is 32.6 Å². The van der Waals surface area contributed by atoms with Crippen LogP contribution in [0.15, 0.2) is 0 Å². The summed E-state index contributed by atoms with van der Waals surface area (Å²) in [6.45, 7) is 5.34. The van der Waals surface area contributed by atoms with Crippen LogP contribution in [-0.2, 0) is 9.53 Å². The van der Waals surface area contributed by atoms with Gasteiger partial charge in [0.25, 0.3) is 0 Å². The highest BCUT2D eigenvalue weighted by Crippen LogP contribution is 2.20. The fraction of sp³-hybridized carbons (Fsp3) is 0.833. The van der Waals surface area contributed by atoms with Crippen LogP contribution in [0.4, 0.5) is 4.79 Å². The van der Waals surface area contributed by atoms with Crippen molar-refractivity contribution in [1.82, 2.24) is 10.6 Å². The lowest BCUT2D eigenvalue weighted by molar-refractivity contribution is -0.148. The van der Waals surface area contributed by atoms with Gasteiger partial charge in [-0.15, -0.1) is 0 Å². The molecule has 1 fully saturated rings. The van der Waals surface area contributed by atoms with Gasteiger partial charge in [0.15, 0.2) is 0 Å². The minimum absolute atomic E-state index is 0.305. The first-order valence-corrected chi connectivity index (χ1v) is 6.37. The zero-order valence-electron chi connectivity index (χ0n) is 11.0. The van der Waals surface area contributed by atoms with E-state index in [2.05, 4.69) is 10.6 Å². The van der Waals surface area contributed by atoms with Gasteiger partial charge in [-0.3, -0.25) is 0 Å². The molecule has 0 aromatic carbocycles. The lowest BCUT2D eigenvalue weighted by Gasteiger charge is -2.33. The Bertz CT molecular complexity index is 300. The largest absolute Gasteiger partial charge is 0.480 e. The maximum Gasteiger partial charge on any atom is 0.329 e. The summed E-state index contributed by atoms with van der Waals surface area (Å²) in [6, 6.07) is -0.417. The first-order chi connectivity index (χ1) is 8.50. The van der Waals surface area contributed by atoms with Crippen LogP contribution in [-0.4, -0.2) is 42.4 Å². The highest BCUT2D eigenvalue weighted by atomic mass is 16.5. The van der Waals surface area contributed by atoms with Crippen molar-refractivity contribution in [2.24, 2.45) is 5.92 Å². The molecule has 1 unspecified atom stereocenters. The number of ether oxygens (including phenoxy) is 1. The molecule has 1 heterocycles. The predicted molar refractivity (Wildman–Crippen MR) is 66.4 cm³/mol. The molecule has 18 heavy (non-hydrogen) atoms. The molecule has 1 atom stereocenters. The summed E-state index contributed by atoms with van der Waals surface area (Å²) < 4.78 is 5.14. The molecule has 6 heteroatoms. The molecule has 1 saturated heterocycles. The van der Waals surface area contributed by atoms with Crippen molar-refractivity contribution in [3.05, 3.63) is 0 Å². The zero-order chi connectivity index (χ0) is 13.6. The highest BCUT2D eigenvalue weighted by molar-refractivity contribution is 5.86. The van der Waals surface area contributed by atoms with E-state index in [1.54, 1.807) is 0 Å². The summed E-state index contributed by atoms with van der Waals surface area (Å²) in [5, 5.41) is 14.6. The molecule has 1 aliphatic rings. The molecule has 1 aliphatic heterocycles. The van der Waals surface area contributed by atoms with Crippen LogP contribution < -0.4 is 10.6 Å². The third-order valence-corrected chi connectivity index (χ3v) is 3.42. The van der Waals surface area contributed by atoms with Crippen molar-refractivity contribution < 1.29 is 19.4 Å². The molecule has 1 rings (SSSR count). The Morgan fingerprint density at radius 3 is 2.50 bits per heavy atom. The number of hydrogen-bond acceptors (Lipinski definition) is 3. The minimum atomic E-state index is -1.18. The molecule has 6 nitrogen and oxygen atoms in total. The maximum absolute atomic E-state index is 11.7. The molecule has 0 aromatic rings. The van der Waals surface area contributed by atoms with Crippen LogP contribution in [0.3, 0.4) is 0 Å². The van der Waals surface area contributed by atoms with Crippen LogP contribution in [0.5, 0.6) is 0 Å². The Morgan fingerprint density at radius 2 is 2.00 bits per heavy atom. The van der Waals surface area contributed by atoms with E-state index in [0.717, 1.165) is 6.42 Å². The van der Waals surface area contributed by atoms with E-state index < -0.39 is 17.5 Å². The van der Waals surface area contributed by atoms with E-state index >= 15 is 0 Å². The van der Waals surface area contributed by atoms with E-state index in [1.807, 2.05) is 13.8 Å². The summed E-state index contributed by atoms with van der Waals surface area (Å²) in [4.78, 5) is 23.0. The van der Waals surface area contributed by atoms with Crippen molar-refractivity contribution >= 4 is 12.0 Å². The van der Waals surface area contributed by atoms with Gasteiger partial charge < -0.3 is 20.5 Å². The third-order valence-electron chi connectivity index (χ3n) is 3.42. The molecular weight excluding hydrogens is 236 g/mol. The standard InChI is InChI=1S/C12H22N2O4/c1-3-9(2)8-13-11(17)14-12(10(15)16)4-6-18-7-5-12/h9H,3-8H2,1-2H3,(H,15,16)(H2,13,14,17). The Labute approximate surface area is 107 Å². The number of aliphatic carboxylic acids is 1. The van der Waals surface area contributed by atoms with Gasteiger partial charge in [-0.1, -0.05) is 20.3 Å². The van der Waals surface area contributed by atoms with Gasteiger partial charge in [0.05, 0.1) is 0 Å².